The molecular formula is C9H17W-. The molecule has 1 heteroatoms. The predicted octanol–water partition coefficient (Wildman–Crippen LogP) is 3.18. The molecule has 1 aliphatic carbocycles. The van der Waals surface area contributed by atoms with Gasteiger partial charge in [-0.15, -0.1) is 0 Å². The molecule has 0 saturated heterocycles. The summed E-state index contributed by atoms with van der Waals surface area (Å²) >= 11 is 0. The van der Waals surface area contributed by atoms with Crippen molar-refractivity contribution in [2.75, 3.05) is 0 Å². The molecule has 0 heterocycles. The van der Waals surface area contributed by atoms with E-state index in [4.69, 9.17) is 0 Å². The summed E-state index contributed by atoms with van der Waals surface area (Å²) in [6.45, 7) is 3.88. The monoisotopic (exact) mass is 309 g/mol. The molecular weight excluding hydrogens is 292 g/mol. The molecule has 0 unspecified atom stereocenters. The minimum absolute atomic E-state index is 0. The van der Waals surface area contributed by atoms with Gasteiger partial charge in [-0.3, -0.25) is 0 Å². The molecule has 0 aromatic rings. The predicted molar refractivity (Wildman–Crippen MR) is 41.2 cm³/mol. The molecule has 1 fully saturated rings. The third kappa shape index (κ3) is 3.76. The van der Waals surface area contributed by atoms with E-state index in [1.807, 2.05) is 0 Å². The summed E-state index contributed by atoms with van der Waals surface area (Å²) < 4.78 is 0. The van der Waals surface area contributed by atoms with E-state index in [9.17, 15) is 0 Å². The van der Waals surface area contributed by atoms with E-state index < -0.39 is 0 Å². The SMILES string of the molecule is [CH2-]CCC1CCCCC1.[W]. The molecule has 0 amide bonds. The van der Waals surface area contributed by atoms with Crippen molar-refractivity contribution in [1.82, 2.24) is 0 Å². The molecule has 1 aliphatic rings. The summed E-state index contributed by atoms with van der Waals surface area (Å²) in [6, 6.07) is 0. The molecule has 10 heavy (non-hydrogen) atoms. The Bertz CT molecular complexity index is 62.4. The normalized spacial score (nSPS) is 20.1. The van der Waals surface area contributed by atoms with Crippen LogP contribution in [0.1, 0.15) is 44.9 Å². The maximum Gasteiger partial charge on any atom is 0 e. The maximum atomic E-state index is 3.88. The van der Waals surface area contributed by atoms with Crippen molar-refractivity contribution < 1.29 is 21.1 Å². The fourth-order valence-electron chi connectivity index (χ4n) is 1.76. The van der Waals surface area contributed by atoms with Crippen LogP contribution < -0.4 is 0 Å². The minimum atomic E-state index is 0. The van der Waals surface area contributed by atoms with Gasteiger partial charge in [0.25, 0.3) is 0 Å². The first-order valence-corrected chi connectivity index (χ1v) is 4.22. The van der Waals surface area contributed by atoms with Crippen molar-refractivity contribution in [2.45, 2.75) is 44.9 Å². The fourth-order valence-corrected chi connectivity index (χ4v) is 1.76. The van der Waals surface area contributed by atoms with Gasteiger partial charge in [-0.1, -0.05) is 38.5 Å². The van der Waals surface area contributed by atoms with Crippen LogP contribution in [-0.2, 0) is 21.1 Å². The second kappa shape index (κ2) is 6.40. The van der Waals surface area contributed by atoms with Crippen LogP contribution in [0.2, 0.25) is 0 Å². The van der Waals surface area contributed by atoms with E-state index in [-0.39, 0.29) is 21.1 Å². The molecule has 0 aromatic heterocycles. The standard InChI is InChI=1S/C9H17.W/c1-2-6-9-7-4-3-5-8-9;/h9H,1-8H2;/q-1;. The Morgan fingerprint density at radius 2 is 1.70 bits per heavy atom. The second-order valence-electron chi connectivity index (χ2n) is 3.15. The van der Waals surface area contributed by atoms with Gasteiger partial charge in [0.15, 0.2) is 0 Å². The van der Waals surface area contributed by atoms with Gasteiger partial charge in [-0.2, -0.15) is 6.42 Å². The molecule has 0 aliphatic heterocycles. The Kier molecular flexibility index (Phi) is 6.84. The van der Waals surface area contributed by atoms with Gasteiger partial charge in [0, 0.05) is 21.1 Å². The molecule has 0 aromatic carbocycles. The van der Waals surface area contributed by atoms with Crippen molar-refractivity contribution in [3.05, 3.63) is 6.92 Å². The Hall–Kier alpha value is 0.688. The van der Waals surface area contributed by atoms with Crippen LogP contribution in [0.5, 0.6) is 0 Å². The molecule has 60 valence electrons. The van der Waals surface area contributed by atoms with Crippen molar-refractivity contribution in [2.24, 2.45) is 5.92 Å². The molecule has 0 nitrogen and oxygen atoms in total. The van der Waals surface area contributed by atoms with E-state index in [2.05, 4.69) is 6.92 Å². The molecule has 0 atom stereocenters. The fraction of sp³-hybridized carbons (Fsp3) is 0.889. The van der Waals surface area contributed by atoms with Crippen LogP contribution in [0.15, 0.2) is 0 Å². The molecule has 1 saturated carbocycles. The zero-order chi connectivity index (χ0) is 6.53. The average Bonchev–Trinajstić information content (AvgIpc) is 1.91. The van der Waals surface area contributed by atoms with Gasteiger partial charge < -0.3 is 6.92 Å². The molecule has 0 N–H and O–H groups in total. The van der Waals surface area contributed by atoms with Crippen LogP contribution in [0.25, 0.3) is 0 Å². The van der Waals surface area contributed by atoms with Crippen LogP contribution in [0.4, 0.5) is 0 Å². The summed E-state index contributed by atoms with van der Waals surface area (Å²) in [5.74, 6) is 1.04. The van der Waals surface area contributed by atoms with Crippen molar-refractivity contribution >= 4 is 0 Å². The third-order valence-electron chi connectivity index (χ3n) is 2.34. The minimum Gasteiger partial charge on any atom is -0.343 e. The summed E-state index contributed by atoms with van der Waals surface area (Å²) in [6.07, 6.45) is 9.92. The molecule has 1 rings (SSSR count). The number of hydrogen-bond donors (Lipinski definition) is 0. The Balaban J connectivity index is 0.000000810. The topological polar surface area (TPSA) is 0 Å². The zero-order valence-corrected chi connectivity index (χ0v) is 9.58. The first-order chi connectivity index (χ1) is 4.43. The van der Waals surface area contributed by atoms with Crippen molar-refractivity contribution in [3.8, 4) is 0 Å². The van der Waals surface area contributed by atoms with Gasteiger partial charge >= 0.3 is 0 Å². The molecule has 0 radical (unpaired) electrons. The summed E-state index contributed by atoms with van der Waals surface area (Å²) in [7, 11) is 0. The van der Waals surface area contributed by atoms with Gasteiger partial charge in [0.05, 0.1) is 0 Å². The van der Waals surface area contributed by atoms with Crippen LogP contribution in [-0.4, -0.2) is 0 Å². The van der Waals surface area contributed by atoms with Crippen molar-refractivity contribution in [3.63, 3.8) is 0 Å². The second-order valence-corrected chi connectivity index (χ2v) is 3.15. The molecule has 0 spiro atoms. The quantitative estimate of drug-likeness (QED) is 0.687. The summed E-state index contributed by atoms with van der Waals surface area (Å²) in [5.41, 5.74) is 0. The first-order valence-electron chi connectivity index (χ1n) is 4.22. The van der Waals surface area contributed by atoms with Gasteiger partial charge in [-0.25, -0.2) is 0 Å². The number of hydrogen-bond acceptors (Lipinski definition) is 0. The summed E-state index contributed by atoms with van der Waals surface area (Å²) in [5, 5.41) is 0. The summed E-state index contributed by atoms with van der Waals surface area (Å²) in [4.78, 5) is 0. The Morgan fingerprint density at radius 3 is 2.20 bits per heavy atom. The maximum absolute atomic E-state index is 3.88. The van der Waals surface area contributed by atoms with E-state index in [1.165, 1.54) is 38.5 Å². The van der Waals surface area contributed by atoms with E-state index >= 15 is 0 Å². The van der Waals surface area contributed by atoms with E-state index in [1.54, 1.807) is 0 Å². The van der Waals surface area contributed by atoms with Crippen LogP contribution in [0.3, 0.4) is 0 Å². The first kappa shape index (κ1) is 10.7. The smallest absolute Gasteiger partial charge is 0 e. The Labute approximate surface area is 79.0 Å². The van der Waals surface area contributed by atoms with Crippen LogP contribution >= 0.6 is 0 Å². The van der Waals surface area contributed by atoms with Crippen LogP contribution in [0, 0.1) is 12.8 Å². The Morgan fingerprint density at radius 1 is 1.10 bits per heavy atom. The van der Waals surface area contributed by atoms with E-state index in [0.29, 0.717) is 0 Å². The van der Waals surface area contributed by atoms with Crippen molar-refractivity contribution in [1.29, 1.82) is 0 Å². The zero-order valence-electron chi connectivity index (χ0n) is 6.64. The third-order valence-corrected chi connectivity index (χ3v) is 2.34. The molecule has 0 bridgehead atoms. The van der Waals surface area contributed by atoms with Gasteiger partial charge in [0.2, 0.25) is 0 Å². The van der Waals surface area contributed by atoms with Gasteiger partial charge in [0.1, 0.15) is 0 Å². The number of rotatable bonds is 2. The average molecular weight is 309 g/mol. The largest absolute Gasteiger partial charge is 0.343 e. The van der Waals surface area contributed by atoms with E-state index in [0.717, 1.165) is 12.3 Å². The van der Waals surface area contributed by atoms with Gasteiger partial charge in [-0.05, 0) is 5.92 Å².